The Morgan fingerprint density at radius 1 is 0.418 bits per heavy atom. The maximum atomic E-state index is 10.1. The fraction of sp³-hybridized carbons (Fsp3) is 0. The van der Waals surface area contributed by atoms with Gasteiger partial charge in [0.1, 0.15) is 0 Å². The first-order chi connectivity index (χ1) is 27.2. The van der Waals surface area contributed by atoms with Crippen LogP contribution in [0.5, 0.6) is 0 Å². The topological polar surface area (TPSA) is 42.9 Å². The van der Waals surface area contributed by atoms with Crippen LogP contribution in [0.4, 0.5) is 5.69 Å². The van der Waals surface area contributed by atoms with Crippen molar-refractivity contribution in [2.45, 2.75) is 0 Å². The summed E-state index contributed by atoms with van der Waals surface area (Å²) in [5, 5.41) is 16.8. The minimum absolute atomic E-state index is 0.563. The molecule has 55 heavy (non-hydrogen) atoms. The van der Waals surface area contributed by atoms with E-state index in [0.717, 1.165) is 71.8 Å². The molecule has 0 aliphatic carbocycles. The van der Waals surface area contributed by atoms with Gasteiger partial charge < -0.3 is 13.7 Å². The largest absolute Gasteiger partial charge is 0.310 e. The Morgan fingerprint density at radius 2 is 0.909 bits per heavy atom. The van der Waals surface area contributed by atoms with E-state index in [1.807, 2.05) is 42.5 Å². The number of nitriles is 1. The molecule has 0 unspecified atom stereocenters. The lowest BCUT2D eigenvalue weighted by molar-refractivity contribution is 1.17. The van der Waals surface area contributed by atoms with Crippen LogP contribution in [0.3, 0.4) is 0 Å². The molecule has 0 aliphatic heterocycles. The molecule has 11 aromatic rings. The van der Waals surface area contributed by atoms with E-state index in [0.29, 0.717) is 11.3 Å². The molecule has 0 aliphatic rings. The van der Waals surface area contributed by atoms with Gasteiger partial charge in [-0.2, -0.15) is 5.26 Å². The van der Waals surface area contributed by atoms with E-state index in [2.05, 4.69) is 158 Å². The van der Waals surface area contributed by atoms with Gasteiger partial charge in [-0.25, -0.2) is 4.85 Å². The van der Waals surface area contributed by atoms with Crippen molar-refractivity contribution in [1.82, 2.24) is 13.7 Å². The number of hydrogen-bond donors (Lipinski definition) is 0. The Labute approximate surface area is 316 Å². The second kappa shape index (κ2) is 11.8. The summed E-state index contributed by atoms with van der Waals surface area (Å²) in [5.41, 5.74) is 12.4. The highest BCUT2D eigenvalue weighted by Gasteiger charge is 2.22. The molecule has 0 saturated carbocycles. The smallest absolute Gasteiger partial charge is 0.197 e. The van der Waals surface area contributed by atoms with Crippen molar-refractivity contribution in [3.8, 4) is 34.3 Å². The van der Waals surface area contributed by atoms with E-state index in [-0.39, 0.29) is 0 Å². The monoisotopic (exact) mass is 699 g/mol. The van der Waals surface area contributed by atoms with Gasteiger partial charge in [-0.15, -0.1) is 0 Å². The highest BCUT2D eigenvalue weighted by molar-refractivity contribution is 6.17. The van der Waals surface area contributed by atoms with Crippen LogP contribution in [0.15, 0.2) is 176 Å². The number of benzene rings is 8. The molecule has 0 bridgehead atoms. The molecule has 5 heteroatoms. The molecule has 0 saturated heterocycles. The van der Waals surface area contributed by atoms with Crippen LogP contribution in [-0.2, 0) is 0 Å². The molecule has 0 N–H and O–H groups in total. The molecular weight excluding hydrogens is 671 g/mol. The molecule has 3 heterocycles. The first-order valence-corrected chi connectivity index (χ1v) is 18.3. The molecule has 254 valence electrons. The zero-order valence-electron chi connectivity index (χ0n) is 29.5. The van der Waals surface area contributed by atoms with Crippen molar-refractivity contribution in [1.29, 1.82) is 5.26 Å². The van der Waals surface area contributed by atoms with E-state index in [1.165, 1.54) is 21.8 Å². The van der Waals surface area contributed by atoms with Crippen LogP contribution in [0, 0.1) is 17.9 Å². The van der Waals surface area contributed by atoms with Gasteiger partial charge in [0.2, 0.25) is 0 Å². The van der Waals surface area contributed by atoms with Gasteiger partial charge in [0, 0.05) is 38.0 Å². The SMILES string of the molecule is [C-]#[N+]c1cc(-n2c3ccccc3c3c(-n4c5ccccc5c5ccccc54)cccc32)ccc1-c1ccccc1-n1c2ccccc2c2c(C#N)cccc21. The zero-order valence-corrected chi connectivity index (χ0v) is 29.5. The lowest BCUT2D eigenvalue weighted by atomic mass is 10.0. The summed E-state index contributed by atoms with van der Waals surface area (Å²) in [6.45, 7) is 8.49. The maximum Gasteiger partial charge on any atom is 0.197 e. The lowest BCUT2D eigenvalue weighted by Gasteiger charge is -2.16. The molecule has 0 fully saturated rings. The summed E-state index contributed by atoms with van der Waals surface area (Å²) in [7, 11) is 0. The van der Waals surface area contributed by atoms with Gasteiger partial charge in [-0.1, -0.05) is 109 Å². The summed E-state index contributed by atoms with van der Waals surface area (Å²) in [6.07, 6.45) is 0. The van der Waals surface area contributed by atoms with Gasteiger partial charge in [0.25, 0.3) is 0 Å². The molecule has 11 rings (SSSR count). The first kappa shape index (κ1) is 30.7. The molecule has 3 aromatic heterocycles. The van der Waals surface area contributed by atoms with Gasteiger partial charge in [0.05, 0.1) is 62.7 Å². The Kier molecular flexibility index (Phi) is 6.61. The van der Waals surface area contributed by atoms with Gasteiger partial charge in [-0.05, 0) is 77.9 Å². The van der Waals surface area contributed by atoms with Crippen molar-refractivity contribution < 1.29 is 0 Å². The average Bonchev–Trinajstić information content (AvgIpc) is 3.89. The highest BCUT2D eigenvalue weighted by atomic mass is 15.0. The minimum atomic E-state index is 0.563. The van der Waals surface area contributed by atoms with Crippen molar-refractivity contribution in [3.05, 3.63) is 193 Å². The van der Waals surface area contributed by atoms with Crippen LogP contribution >= 0.6 is 0 Å². The molecular formula is C50H29N5. The standard InChI is InChI=1S/C50H29N5/c1-52-40-30-33(28-29-34(40)35-15-2-7-20-41(35)55-45-24-11-5-18-38(45)49-32(31-51)14-12-25-46(49)55)53-44-23-10-6-19-39(44)50-47(53)26-13-27-48(50)54-42-21-8-3-16-36(42)37-17-4-9-22-43(37)54/h2-30H. The van der Waals surface area contributed by atoms with Crippen molar-refractivity contribution in [3.63, 3.8) is 0 Å². The van der Waals surface area contributed by atoms with E-state index in [1.54, 1.807) is 0 Å². The van der Waals surface area contributed by atoms with Crippen LogP contribution < -0.4 is 0 Å². The summed E-state index contributed by atoms with van der Waals surface area (Å²) < 4.78 is 6.91. The molecule has 8 aromatic carbocycles. The second-order valence-corrected chi connectivity index (χ2v) is 13.9. The number of fused-ring (bicyclic) bond motifs is 9. The molecule has 0 amide bonds. The van der Waals surface area contributed by atoms with Crippen LogP contribution in [-0.4, -0.2) is 13.7 Å². The summed E-state index contributed by atoms with van der Waals surface area (Å²) in [4.78, 5) is 4.16. The third kappa shape index (κ3) is 4.33. The summed E-state index contributed by atoms with van der Waals surface area (Å²) >= 11 is 0. The Hall–Kier alpha value is -7.86. The Morgan fingerprint density at radius 3 is 1.58 bits per heavy atom. The van der Waals surface area contributed by atoms with E-state index in [9.17, 15) is 5.26 Å². The number of rotatable bonds is 4. The quantitative estimate of drug-likeness (QED) is 0.169. The molecule has 0 atom stereocenters. The van der Waals surface area contributed by atoms with Gasteiger partial charge in [-0.3, -0.25) is 0 Å². The van der Waals surface area contributed by atoms with Crippen LogP contribution in [0.25, 0.3) is 98.5 Å². The van der Waals surface area contributed by atoms with Crippen molar-refractivity contribution in [2.75, 3.05) is 0 Å². The predicted molar refractivity (Wildman–Crippen MR) is 226 cm³/mol. The Balaban J connectivity index is 1.14. The fourth-order valence-corrected chi connectivity index (χ4v) is 8.89. The second-order valence-electron chi connectivity index (χ2n) is 13.9. The molecule has 0 radical (unpaired) electrons. The van der Waals surface area contributed by atoms with E-state index < -0.39 is 0 Å². The average molecular weight is 700 g/mol. The predicted octanol–water partition coefficient (Wildman–Crippen LogP) is 13.1. The lowest BCUT2D eigenvalue weighted by Crippen LogP contribution is -1.98. The fourth-order valence-electron chi connectivity index (χ4n) is 8.89. The molecule has 5 nitrogen and oxygen atoms in total. The third-order valence-corrected chi connectivity index (χ3v) is 11.1. The maximum absolute atomic E-state index is 10.1. The minimum Gasteiger partial charge on any atom is -0.310 e. The van der Waals surface area contributed by atoms with Crippen LogP contribution in [0.2, 0.25) is 0 Å². The van der Waals surface area contributed by atoms with Crippen molar-refractivity contribution >= 4 is 71.1 Å². The number of aromatic nitrogens is 3. The van der Waals surface area contributed by atoms with E-state index >= 15 is 0 Å². The number of para-hydroxylation sites is 5. The van der Waals surface area contributed by atoms with Gasteiger partial charge in [0.15, 0.2) is 5.69 Å². The summed E-state index contributed by atoms with van der Waals surface area (Å²) in [6, 6.07) is 63.4. The highest BCUT2D eigenvalue weighted by Crippen LogP contribution is 2.43. The van der Waals surface area contributed by atoms with Crippen LogP contribution in [0.1, 0.15) is 5.56 Å². The zero-order chi connectivity index (χ0) is 36.6. The third-order valence-electron chi connectivity index (χ3n) is 11.1. The first-order valence-electron chi connectivity index (χ1n) is 18.3. The van der Waals surface area contributed by atoms with E-state index in [4.69, 9.17) is 6.57 Å². The normalized spacial score (nSPS) is 11.6. The molecule has 0 spiro atoms. The Bertz CT molecular complexity index is 3420. The number of nitrogens with zero attached hydrogens (tertiary/aromatic N) is 5. The van der Waals surface area contributed by atoms with Crippen molar-refractivity contribution in [2.24, 2.45) is 0 Å². The van der Waals surface area contributed by atoms with Gasteiger partial charge >= 0.3 is 0 Å². The summed E-state index contributed by atoms with van der Waals surface area (Å²) in [5.74, 6) is 0. The number of hydrogen-bond acceptors (Lipinski definition) is 1.